The minimum atomic E-state index is 0.474. The molecule has 0 bridgehead atoms. The molecule has 1 aliphatic carbocycles. The summed E-state index contributed by atoms with van der Waals surface area (Å²) in [6.45, 7) is 1.45. The van der Waals surface area contributed by atoms with Crippen LogP contribution in [-0.2, 0) is 13.0 Å². The minimum absolute atomic E-state index is 0.474. The maximum absolute atomic E-state index is 5.83. The summed E-state index contributed by atoms with van der Waals surface area (Å²) in [5, 5.41) is 6.84. The van der Waals surface area contributed by atoms with Crippen LogP contribution in [0.3, 0.4) is 0 Å². The zero-order chi connectivity index (χ0) is 18.0. The first kappa shape index (κ1) is 18.1. The van der Waals surface area contributed by atoms with Gasteiger partial charge in [-0.3, -0.25) is 4.99 Å². The normalized spacial score (nSPS) is 14.4. The lowest BCUT2D eigenvalue weighted by Gasteiger charge is -2.17. The van der Waals surface area contributed by atoms with Gasteiger partial charge in [0.25, 0.3) is 0 Å². The number of aliphatic imine (C=N–C) groups is 1. The Morgan fingerprint density at radius 2 is 1.73 bits per heavy atom. The van der Waals surface area contributed by atoms with E-state index in [1.54, 1.807) is 0 Å². The van der Waals surface area contributed by atoms with Gasteiger partial charge in [-0.05, 0) is 42.5 Å². The van der Waals surface area contributed by atoms with E-state index in [0.717, 1.165) is 37.5 Å². The lowest BCUT2D eigenvalue weighted by atomic mass is 10.1. The standard InChI is InChI=1S/C22H27N3O/c1-23-22(25-20-9-5-6-10-20)24-16-15-18-11-13-21(14-12-18)26-17-19-7-3-2-4-8-19/h2-8,11-14,20H,9-10,15-17H2,1H3,(H2,23,24,25). The highest BCUT2D eigenvalue weighted by molar-refractivity contribution is 5.80. The van der Waals surface area contributed by atoms with Gasteiger partial charge in [-0.15, -0.1) is 0 Å². The smallest absolute Gasteiger partial charge is 0.191 e. The quantitative estimate of drug-likeness (QED) is 0.455. The van der Waals surface area contributed by atoms with Crippen molar-refractivity contribution in [3.63, 3.8) is 0 Å². The molecule has 0 radical (unpaired) electrons. The molecule has 0 amide bonds. The van der Waals surface area contributed by atoms with Crippen molar-refractivity contribution in [3.05, 3.63) is 77.9 Å². The third-order valence-electron chi connectivity index (χ3n) is 4.45. The molecule has 0 aromatic heterocycles. The first-order chi connectivity index (χ1) is 12.8. The maximum atomic E-state index is 5.83. The van der Waals surface area contributed by atoms with E-state index in [0.29, 0.717) is 12.6 Å². The zero-order valence-corrected chi connectivity index (χ0v) is 15.3. The molecule has 0 spiro atoms. The van der Waals surface area contributed by atoms with Crippen molar-refractivity contribution >= 4 is 5.96 Å². The van der Waals surface area contributed by atoms with E-state index in [9.17, 15) is 0 Å². The van der Waals surface area contributed by atoms with Gasteiger partial charge in [0.05, 0.1) is 0 Å². The SMILES string of the molecule is CN=C(NCCc1ccc(OCc2ccccc2)cc1)NC1CC=CC1. The van der Waals surface area contributed by atoms with Gasteiger partial charge in [0.2, 0.25) is 0 Å². The van der Waals surface area contributed by atoms with E-state index in [1.807, 2.05) is 37.4 Å². The van der Waals surface area contributed by atoms with Crippen LogP contribution in [0.15, 0.2) is 71.7 Å². The number of nitrogens with one attached hydrogen (secondary N) is 2. The topological polar surface area (TPSA) is 45.7 Å². The Labute approximate surface area is 156 Å². The Balaban J connectivity index is 1.39. The summed E-state index contributed by atoms with van der Waals surface area (Å²) >= 11 is 0. The van der Waals surface area contributed by atoms with Crippen LogP contribution < -0.4 is 15.4 Å². The van der Waals surface area contributed by atoms with Crippen molar-refractivity contribution in [1.29, 1.82) is 0 Å². The second kappa shape index (κ2) is 9.66. The molecule has 0 fully saturated rings. The highest BCUT2D eigenvalue weighted by atomic mass is 16.5. The van der Waals surface area contributed by atoms with Crippen molar-refractivity contribution < 1.29 is 4.74 Å². The molecule has 2 aromatic carbocycles. The molecule has 0 saturated carbocycles. The highest BCUT2D eigenvalue weighted by Gasteiger charge is 2.11. The van der Waals surface area contributed by atoms with Gasteiger partial charge in [0.1, 0.15) is 12.4 Å². The molecule has 0 atom stereocenters. The van der Waals surface area contributed by atoms with Crippen molar-refractivity contribution in [1.82, 2.24) is 10.6 Å². The fourth-order valence-electron chi connectivity index (χ4n) is 2.94. The third-order valence-corrected chi connectivity index (χ3v) is 4.45. The molecule has 4 heteroatoms. The van der Waals surface area contributed by atoms with Gasteiger partial charge in [0, 0.05) is 19.6 Å². The monoisotopic (exact) mass is 349 g/mol. The molecule has 0 aliphatic heterocycles. The van der Waals surface area contributed by atoms with Gasteiger partial charge in [-0.1, -0.05) is 54.6 Å². The predicted molar refractivity (Wildman–Crippen MR) is 108 cm³/mol. The Kier molecular flexibility index (Phi) is 6.71. The van der Waals surface area contributed by atoms with Gasteiger partial charge >= 0.3 is 0 Å². The van der Waals surface area contributed by atoms with Crippen LogP contribution in [0.2, 0.25) is 0 Å². The number of rotatable bonds is 7. The van der Waals surface area contributed by atoms with Gasteiger partial charge in [-0.25, -0.2) is 0 Å². The number of guanidine groups is 1. The van der Waals surface area contributed by atoms with Crippen LogP contribution in [0.5, 0.6) is 5.75 Å². The molecule has 0 saturated heterocycles. The molecule has 1 aliphatic rings. The summed E-state index contributed by atoms with van der Waals surface area (Å²) in [7, 11) is 1.82. The van der Waals surface area contributed by atoms with Crippen LogP contribution in [0.25, 0.3) is 0 Å². The summed E-state index contributed by atoms with van der Waals surface area (Å²) in [6, 6.07) is 19.0. The minimum Gasteiger partial charge on any atom is -0.489 e. The second-order valence-electron chi connectivity index (χ2n) is 6.45. The van der Waals surface area contributed by atoms with E-state index >= 15 is 0 Å². The van der Waals surface area contributed by atoms with Gasteiger partial charge < -0.3 is 15.4 Å². The van der Waals surface area contributed by atoms with E-state index in [-0.39, 0.29) is 0 Å². The molecule has 0 unspecified atom stereocenters. The van der Waals surface area contributed by atoms with Crippen LogP contribution >= 0.6 is 0 Å². The molecular weight excluding hydrogens is 322 g/mol. The summed E-state index contributed by atoms with van der Waals surface area (Å²) in [4.78, 5) is 4.30. The van der Waals surface area contributed by atoms with E-state index < -0.39 is 0 Å². The molecule has 4 nitrogen and oxygen atoms in total. The molecule has 2 aromatic rings. The fraction of sp³-hybridized carbons (Fsp3) is 0.318. The summed E-state index contributed by atoms with van der Waals surface area (Å²) in [5.74, 6) is 1.78. The Morgan fingerprint density at radius 3 is 2.42 bits per heavy atom. The molecular formula is C22H27N3O. The summed E-state index contributed by atoms with van der Waals surface area (Å²) in [6.07, 6.45) is 7.53. The number of benzene rings is 2. The van der Waals surface area contributed by atoms with Crippen LogP contribution in [0, 0.1) is 0 Å². The number of nitrogens with zero attached hydrogens (tertiary/aromatic N) is 1. The summed E-state index contributed by atoms with van der Waals surface area (Å²) in [5.41, 5.74) is 2.46. The molecule has 0 heterocycles. The first-order valence-corrected chi connectivity index (χ1v) is 9.21. The van der Waals surface area contributed by atoms with Crippen LogP contribution in [-0.4, -0.2) is 25.6 Å². The Bertz CT molecular complexity index is 715. The van der Waals surface area contributed by atoms with Gasteiger partial charge in [0.15, 0.2) is 5.96 Å². The lowest BCUT2D eigenvalue weighted by Crippen LogP contribution is -2.43. The Morgan fingerprint density at radius 1 is 1.00 bits per heavy atom. The van der Waals surface area contributed by atoms with E-state index in [1.165, 1.54) is 11.1 Å². The molecule has 136 valence electrons. The molecule has 3 rings (SSSR count). The number of ether oxygens (including phenoxy) is 1. The maximum Gasteiger partial charge on any atom is 0.191 e. The largest absolute Gasteiger partial charge is 0.489 e. The van der Waals surface area contributed by atoms with Crippen molar-refractivity contribution in [2.75, 3.05) is 13.6 Å². The van der Waals surface area contributed by atoms with Crippen molar-refractivity contribution in [2.45, 2.75) is 31.9 Å². The fourth-order valence-corrected chi connectivity index (χ4v) is 2.94. The third kappa shape index (κ3) is 5.66. The second-order valence-corrected chi connectivity index (χ2v) is 6.45. The van der Waals surface area contributed by atoms with Gasteiger partial charge in [-0.2, -0.15) is 0 Å². The molecule has 26 heavy (non-hydrogen) atoms. The molecule has 2 N–H and O–H groups in total. The van der Waals surface area contributed by atoms with Crippen LogP contribution in [0.1, 0.15) is 24.0 Å². The van der Waals surface area contributed by atoms with Crippen molar-refractivity contribution in [2.24, 2.45) is 4.99 Å². The average molecular weight is 349 g/mol. The predicted octanol–water partition coefficient (Wildman–Crippen LogP) is 3.69. The Hall–Kier alpha value is -2.75. The number of hydrogen-bond donors (Lipinski definition) is 2. The average Bonchev–Trinajstić information content (AvgIpc) is 3.20. The first-order valence-electron chi connectivity index (χ1n) is 9.21. The lowest BCUT2D eigenvalue weighted by molar-refractivity contribution is 0.306. The van der Waals surface area contributed by atoms with E-state index in [4.69, 9.17) is 4.74 Å². The summed E-state index contributed by atoms with van der Waals surface area (Å²) < 4.78 is 5.83. The van der Waals surface area contributed by atoms with E-state index in [2.05, 4.69) is 52.0 Å². The van der Waals surface area contributed by atoms with Crippen molar-refractivity contribution in [3.8, 4) is 5.75 Å². The number of hydrogen-bond acceptors (Lipinski definition) is 2. The highest BCUT2D eigenvalue weighted by Crippen LogP contribution is 2.14. The zero-order valence-electron chi connectivity index (χ0n) is 15.3. The van der Waals surface area contributed by atoms with Crippen LogP contribution in [0.4, 0.5) is 0 Å².